The van der Waals surface area contributed by atoms with E-state index in [9.17, 15) is 0 Å². The predicted octanol–water partition coefficient (Wildman–Crippen LogP) is 3.32. The van der Waals surface area contributed by atoms with Gasteiger partial charge in [-0.3, -0.25) is 0 Å². The summed E-state index contributed by atoms with van der Waals surface area (Å²) in [5.74, 6) is 0.679. The molecule has 3 aromatic rings. The Morgan fingerprint density at radius 2 is 1.84 bits per heavy atom. The van der Waals surface area contributed by atoms with Gasteiger partial charge in [0.05, 0.1) is 9.60 Å². The molecule has 0 amide bonds. The fourth-order valence-electron chi connectivity index (χ4n) is 1.86. The number of anilines is 2. The van der Waals surface area contributed by atoms with Gasteiger partial charge in [0, 0.05) is 4.90 Å². The van der Waals surface area contributed by atoms with Gasteiger partial charge in [-0.05, 0) is 24.6 Å². The van der Waals surface area contributed by atoms with Crippen LogP contribution in [-0.4, -0.2) is 9.97 Å². The second-order valence-electron chi connectivity index (χ2n) is 4.08. The third-order valence-corrected chi connectivity index (χ3v) is 5.23. The summed E-state index contributed by atoms with van der Waals surface area (Å²) in [7, 11) is 0. The Morgan fingerprint density at radius 3 is 2.58 bits per heavy atom. The smallest absolute Gasteiger partial charge is 0.223 e. The summed E-state index contributed by atoms with van der Waals surface area (Å²) < 4.78 is 1.17. The number of aromatic nitrogens is 2. The average molecular weight is 288 g/mol. The highest BCUT2D eigenvalue weighted by atomic mass is 32.2. The maximum atomic E-state index is 5.93. The molecule has 0 bridgehead atoms. The third kappa shape index (κ3) is 2.24. The first kappa shape index (κ1) is 12.3. The molecule has 0 saturated carbocycles. The van der Waals surface area contributed by atoms with Crippen LogP contribution in [0.2, 0.25) is 0 Å². The van der Waals surface area contributed by atoms with Crippen molar-refractivity contribution in [3.63, 3.8) is 0 Å². The van der Waals surface area contributed by atoms with E-state index in [0.29, 0.717) is 5.82 Å². The minimum Gasteiger partial charge on any atom is -0.383 e. The zero-order chi connectivity index (χ0) is 13.4. The van der Waals surface area contributed by atoms with Gasteiger partial charge in [0.2, 0.25) is 5.95 Å². The van der Waals surface area contributed by atoms with E-state index < -0.39 is 0 Å². The summed E-state index contributed by atoms with van der Waals surface area (Å²) in [6.45, 7) is 2.04. The lowest BCUT2D eigenvalue weighted by molar-refractivity contribution is 1.25. The van der Waals surface area contributed by atoms with Crippen LogP contribution in [0.15, 0.2) is 39.4 Å². The fourth-order valence-corrected chi connectivity index (χ4v) is 4.24. The standard InChI is InChI=1S/C13H12N4S2/c1-7-9-10(14)16-13(15)17-11(9)19-12(7)18-8-5-3-2-4-6-8/h2-6H,1H3,(H4,14,15,16,17). The molecule has 3 rings (SSSR count). The Labute approximate surface area is 118 Å². The van der Waals surface area contributed by atoms with E-state index in [0.717, 1.165) is 15.8 Å². The van der Waals surface area contributed by atoms with Crippen LogP contribution < -0.4 is 11.5 Å². The first-order valence-corrected chi connectivity index (χ1v) is 7.33. The maximum absolute atomic E-state index is 5.93. The normalized spacial score (nSPS) is 11.0. The van der Waals surface area contributed by atoms with E-state index in [1.807, 2.05) is 25.1 Å². The molecule has 0 atom stereocenters. The molecule has 0 spiro atoms. The van der Waals surface area contributed by atoms with Gasteiger partial charge >= 0.3 is 0 Å². The molecule has 4 nitrogen and oxygen atoms in total. The van der Waals surface area contributed by atoms with Crippen molar-refractivity contribution in [2.75, 3.05) is 11.5 Å². The number of thiophene rings is 1. The second-order valence-corrected chi connectivity index (χ2v) is 6.42. The predicted molar refractivity (Wildman–Crippen MR) is 81.5 cm³/mol. The Bertz CT molecular complexity index is 737. The first-order chi connectivity index (χ1) is 9.15. The molecule has 6 heteroatoms. The summed E-state index contributed by atoms with van der Waals surface area (Å²) in [6, 6.07) is 10.2. The molecule has 96 valence electrons. The van der Waals surface area contributed by atoms with Crippen LogP contribution >= 0.6 is 23.1 Å². The molecule has 0 unspecified atom stereocenters. The quantitative estimate of drug-likeness (QED) is 0.756. The summed E-state index contributed by atoms with van der Waals surface area (Å²) in [5, 5.41) is 0.914. The highest BCUT2D eigenvalue weighted by Crippen LogP contribution is 2.41. The number of rotatable bonds is 2. The highest BCUT2D eigenvalue weighted by Gasteiger charge is 2.14. The summed E-state index contributed by atoms with van der Waals surface area (Å²) in [5.41, 5.74) is 12.7. The molecular weight excluding hydrogens is 276 g/mol. The zero-order valence-corrected chi connectivity index (χ0v) is 11.9. The molecule has 0 fully saturated rings. The molecule has 4 N–H and O–H groups in total. The van der Waals surface area contributed by atoms with Gasteiger partial charge in [0.15, 0.2) is 0 Å². The topological polar surface area (TPSA) is 77.8 Å². The van der Waals surface area contributed by atoms with Crippen LogP contribution in [0.5, 0.6) is 0 Å². The number of nitrogen functional groups attached to an aromatic ring is 2. The van der Waals surface area contributed by atoms with Crippen LogP contribution in [0.1, 0.15) is 5.56 Å². The van der Waals surface area contributed by atoms with E-state index in [4.69, 9.17) is 11.5 Å². The van der Waals surface area contributed by atoms with Gasteiger partial charge in [-0.2, -0.15) is 4.98 Å². The van der Waals surface area contributed by atoms with E-state index >= 15 is 0 Å². The van der Waals surface area contributed by atoms with E-state index in [1.165, 1.54) is 9.10 Å². The monoisotopic (exact) mass is 288 g/mol. The van der Waals surface area contributed by atoms with Crippen molar-refractivity contribution in [3.05, 3.63) is 35.9 Å². The number of nitrogens with two attached hydrogens (primary N) is 2. The number of hydrogen-bond donors (Lipinski definition) is 2. The minimum absolute atomic E-state index is 0.225. The van der Waals surface area contributed by atoms with Crippen LogP contribution in [0.3, 0.4) is 0 Å². The summed E-state index contributed by atoms with van der Waals surface area (Å²) in [6.07, 6.45) is 0. The zero-order valence-electron chi connectivity index (χ0n) is 10.3. The molecule has 1 aromatic carbocycles. The van der Waals surface area contributed by atoms with Gasteiger partial charge in [-0.1, -0.05) is 30.0 Å². The molecule has 0 saturated heterocycles. The van der Waals surface area contributed by atoms with E-state index in [-0.39, 0.29) is 5.95 Å². The van der Waals surface area contributed by atoms with Gasteiger partial charge < -0.3 is 11.5 Å². The lowest BCUT2D eigenvalue weighted by Gasteiger charge is -2.00. The first-order valence-electron chi connectivity index (χ1n) is 5.70. The number of hydrogen-bond acceptors (Lipinski definition) is 6. The van der Waals surface area contributed by atoms with Gasteiger partial charge in [-0.25, -0.2) is 4.98 Å². The number of nitrogens with zero attached hydrogens (tertiary/aromatic N) is 2. The second kappa shape index (κ2) is 4.71. The van der Waals surface area contributed by atoms with Crippen molar-refractivity contribution in [2.45, 2.75) is 16.0 Å². The highest BCUT2D eigenvalue weighted by molar-refractivity contribution is 8.01. The van der Waals surface area contributed by atoms with Gasteiger partial charge in [0.25, 0.3) is 0 Å². The largest absolute Gasteiger partial charge is 0.383 e. The van der Waals surface area contributed by atoms with Crippen LogP contribution in [0.25, 0.3) is 10.2 Å². The number of fused-ring (bicyclic) bond motifs is 1. The molecule has 0 radical (unpaired) electrons. The van der Waals surface area contributed by atoms with E-state index in [1.54, 1.807) is 23.1 Å². The minimum atomic E-state index is 0.225. The Balaban J connectivity index is 2.10. The Kier molecular flexibility index (Phi) is 3.04. The van der Waals surface area contributed by atoms with Crippen molar-refractivity contribution in [1.29, 1.82) is 0 Å². The van der Waals surface area contributed by atoms with Gasteiger partial charge in [0.1, 0.15) is 10.6 Å². The van der Waals surface area contributed by atoms with Crippen molar-refractivity contribution >= 4 is 45.1 Å². The molecular formula is C13H12N4S2. The van der Waals surface area contributed by atoms with Crippen molar-refractivity contribution < 1.29 is 0 Å². The van der Waals surface area contributed by atoms with Gasteiger partial charge in [-0.15, -0.1) is 11.3 Å². The maximum Gasteiger partial charge on any atom is 0.223 e. The molecule has 0 aliphatic heterocycles. The molecule has 19 heavy (non-hydrogen) atoms. The summed E-state index contributed by atoms with van der Waals surface area (Å²) in [4.78, 5) is 10.3. The lowest BCUT2D eigenvalue weighted by atomic mass is 10.2. The SMILES string of the molecule is Cc1c(Sc2ccccc2)sc2nc(N)nc(N)c12. The van der Waals surface area contributed by atoms with Crippen molar-refractivity contribution in [2.24, 2.45) is 0 Å². The lowest BCUT2D eigenvalue weighted by Crippen LogP contribution is -1.99. The average Bonchev–Trinajstić information content (AvgIpc) is 2.67. The molecule has 0 aliphatic carbocycles. The molecule has 2 aromatic heterocycles. The van der Waals surface area contributed by atoms with Crippen molar-refractivity contribution in [3.8, 4) is 0 Å². The number of benzene rings is 1. The number of aryl methyl sites for hydroxylation is 1. The Hall–Kier alpha value is -1.79. The fraction of sp³-hybridized carbons (Fsp3) is 0.0769. The molecule has 2 heterocycles. The summed E-state index contributed by atoms with van der Waals surface area (Å²) >= 11 is 3.31. The van der Waals surface area contributed by atoms with Crippen molar-refractivity contribution in [1.82, 2.24) is 9.97 Å². The van der Waals surface area contributed by atoms with Crippen LogP contribution in [0.4, 0.5) is 11.8 Å². The Morgan fingerprint density at radius 1 is 1.11 bits per heavy atom. The van der Waals surface area contributed by atoms with E-state index in [2.05, 4.69) is 22.1 Å². The van der Waals surface area contributed by atoms with Crippen LogP contribution in [-0.2, 0) is 0 Å². The van der Waals surface area contributed by atoms with Crippen LogP contribution in [0, 0.1) is 6.92 Å². The molecule has 0 aliphatic rings. The third-order valence-electron chi connectivity index (χ3n) is 2.75.